The zero-order chi connectivity index (χ0) is 12.7. The monoisotopic (exact) mass is 237 g/mol. The van der Waals surface area contributed by atoms with Crippen LogP contribution < -0.4 is 5.73 Å². The molecule has 0 aliphatic heterocycles. The zero-order valence-corrected chi connectivity index (χ0v) is 10.0. The van der Waals surface area contributed by atoms with E-state index in [1.54, 1.807) is 0 Å². The molecule has 1 rings (SSSR count). The Balaban J connectivity index is 2.29. The maximum absolute atomic E-state index is 11.4. The number of carbonyl (C=O) groups is 1. The van der Waals surface area contributed by atoms with Gasteiger partial charge in [0.1, 0.15) is 6.61 Å². The molecule has 17 heavy (non-hydrogen) atoms. The summed E-state index contributed by atoms with van der Waals surface area (Å²) in [5.41, 5.74) is 6.45. The summed E-state index contributed by atoms with van der Waals surface area (Å²) in [6.07, 6.45) is -0.142. The van der Waals surface area contributed by atoms with E-state index >= 15 is 0 Å². The average Bonchev–Trinajstić information content (AvgIpc) is 2.34. The van der Waals surface area contributed by atoms with Gasteiger partial charge in [0.15, 0.2) is 6.10 Å². The standard InChI is InChI=1S/C13H19NO3/c1-10(14)7-8-12(15)13(16)17-9-11-5-3-2-4-6-11/h2-6,10,12,15H,7-9,14H2,1H3/t10-,12?/m1/s1. The number of nitrogens with two attached hydrogens (primary N) is 1. The number of hydrogen-bond acceptors (Lipinski definition) is 4. The number of benzene rings is 1. The number of aliphatic hydroxyl groups is 1. The molecule has 0 aliphatic rings. The normalized spacial score (nSPS) is 14.1. The third kappa shape index (κ3) is 5.47. The van der Waals surface area contributed by atoms with Crippen molar-refractivity contribution in [1.29, 1.82) is 0 Å². The van der Waals surface area contributed by atoms with Crippen molar-refractivity contribution in [3.8, 4) is 0 Å². The first kappa shape index (κ1) is 13.7. The quantitative estimate of drug-likeness (QED) is 0.730. The van der Waals surface area contributed by atoms with E-state index in [1.807, 2.05) is 37.3 Å². The molecule has 2 atom stereocenters. The zero-order valence-electron chi connectivity index (χ0n) is 10.0. The van der Waals surface area contributed by atoms with Gasteiger partial charge in [-0.15, -0.1) is 0 Å². The summed E-state index contributed by atoms with van der Waals surface area (Å²) in [5.74, 6) is -0.588. The molecule has 0 spiro atoms. The number of carbonyl (C=O) groups excluding carboxylic acids is 1. The lowest BCUT2D eigenvalue weighted by Crippen LogP contribution is -2.26. The van der Waals surface area contributed by atoms with E-state index in [-0.39, 0.29) is 12.6 Å². The molecule has 0 saturated heterocycles. The van der Waals surface area contributed by atoms with Gasteiger partial charge in [-0.1, -0.05) is 30.3 Å². The number of ether oxygens (including phenoxy) is 1. The molecule has 3 N–H and O–H groups in total. The fraction of sp³-hybridized carbons (Fsp3) is 0.462. The van der Waals surface area contributed by atoms with Crippen LogP contribution in [0.25, 0.3) is 0 Å². The van der Waals surface area contributed by atoms with E-state index in [0.717, 1.165) is 5.56 Å². The summed E-state index contributed by atoms with van der Waals surface area (Å²) < 4.78 is 4.99. The highest BCUT2D eigenvalue weighted by Crippen LogP contribution is 2.05. The largest absolute Gasteiger partial charge is 0.459 e. The number of rotatable bonds is 6. The van der Waals surface area contributed by atoms with Crippen LogP contribution in [0.4, 0.5) is 0 Å². The van der Waals surface area contributed by atoms with E-state index in [0.29, 0.717) is 12.8 Å². The molecule has 0 saturated carbocycles. The molecule has 0 radical (unpaired) electrons. The van der Waals surface area contributed by atoms with Gasteiger partial charge in [-0.3, -0.25) is 0 Å². The summed E-state index contributed by atoms with van der Waals surface area (Å²) in [6.45, 7) is 2.02. The molecule has 0 bridgehead atoms. The Morgan fingerprint density at radius 1 is 1.35 bits per heavy atom. The number of hydrogen-bond donors (Lipinski definition) is 2. The summed E-state index contributed by atoms with van der Waals surface area (Å²) in [4.78, 5) is 11.4. The van der Waals surface area contributed by atoms with Gasteiger partial charge in [0.2, 0.25) is 0 Å². The fourth-order valence-corrected chi connectivity index (χ4v) is 1.36. The van der Waals surface area contributed by atoms with Crippen molar-refractivity contribution in [3.05, 3.63) is 35.9 Å². The third-order valence-electron chi connectivity index (χ3n) is 2.39. The van der Waals surface area contributed by atoms with Crippen LogP contribution in [0.15, 0.2) is 30.3 Å². The average molecular weight is 237 g/mol. The third-order valence-corrected chi connectivity index (χ3v) is 2.39. The van der Waals surface area contributed by atoms with Crippen LogP contribution in [0, 0.1) is 0 Å². The number of esters is 1. The predicted octanol–water partition coefficient (Wildman–Crippen LogP) is 1.22. The first-order valence-electron chi connectivity index (χ1n) is 5.74. The van der Waals surface area contributed by atoms with Gasteiger partial charge >= 0.3 is 5.97 Å². The lowest BCUT2D eigenvalue weighted by molar-refractivity contribution is -0.155. The Kier molecular flexibility index (Phi) is 5.66. The molecular weight excluding hydrogens is 218 g/mol. The molecule has 1 unspecified atom stereocenters. The van der Waals surface area contributed by atoms with Crippen LogP contribution in [-0.4, -0.2) is 23.2 Å². The molecule has 0 heterocycles. The molecule has 0 aromatic heterocycles. The minimum absolute atomic E-state index is 0.0217. The number of aliphatic hydroxyl groups excluding tert-OH is 1. The SMILES string of the molecule is C[C@@H](N)CCC(O)C(=O)OCc1ccccc1. The maximum Gasteiger partial charge on any atom is 0.335 e. The molecule has 4 nitrogen and oxygen atoms in total. The second-order valence-electron chi connectivity index (χ2n) is 4.16. The lowest BCUT2D eigenvalue weighted by Gasteiger charge is -2.11. The Bertz CT molecular complexity index is 338. The van der Waals surface area contributed by atoms with Gasteiger partial charge in [0, 0.05) is 6.04 Å². The van der Waals surface area contributed by atoms with Crippen LogP contribution in [0.3, 0.4) is 0 Å². The highest BCUT2D eigenvalue weighted by atomic mass is 16.5. The predicted molar refractivity (Wildman–Crippen MR) is 65.1 cm³/mol. The lowest BCUT2D eigenvalue weighted by atomic mass is 10.1. The summed E-state index contributed by atoms with van der Waals surface area (Å²) in [6, 6.07) is 9.34. The van der Waals surface area contributed by atoms with Crippen LogP contribution in [-0.2, 0) is 16.1 Å². The fourth-order valence-electron chi connectivity index (χ4n) is 1.36. The molecule has 4 heteroatoms. The van der Waals surface area contributed by atoms with Crippen molar-refractivity contribution in [2.45, 2.75) is 38.5 Å². The van der Waals surface area contributed by atoms with Gasteiger partial charge < -0.3 is 15.6 Å². The van der Waals surface area contributed by atoms with E-state index in [1.165, 1.54) is 0 Å². The van der Waals surface area contributed by atoms with Crippen LogP contribution in [0.5, 0.6) is 0 Å². The van der Waals surface area contributed by atoms with E-state index in [2.05, 4.69) is 0 Å². The first-order valence-corrected chi connectivity index (χ1v) is 5.74. The van der Waals surface area contributed by atoms with E-state index < -0.39 is 12.1 Å². The van der Waals surface area contributed by atoms with Gasteiger partial charge in [0.05, 0.1) is 0 Å². The van der Waals surface area contributed by atoms with Crippen LogP contribution in [0.2, 0.25) is 0 Å². The Morgan fingerprint density at radius 2 is 2.00 bits per heavy atom. The Morgan fingerprint density at radius 3 is 2.59 bits per heavy atom. The van der Waals surface area contributed by atoms with E-state index in [4.69, 9.17) is 10.5 Å². The molecule has 0 fully saturated rings. The summed E-state index contributed by atoms with van der Waals surface area (Å²) >= 11 is 0. The summed E-state index contributed by atoms with van der Waals surface area (Å²) in [5, 5.41) is 9.51. The van der Waals surface area contributed by atoms with Crippen LogP contribution in [0.1, 0.15) is 25.3 Å². The molecule has 94 valence electrons. The second-order valence-corrected chi connectivity index (χ2v) is 4.16. The van der Waals surface area contributed by atoms with Gasteiger partial charge in [-0.25, -0.2) is 4.79 Å². The topological polar surface area (TPSA) is 72.5 Å². The second kappa shape index (κ2) is 7.04. The molecule has 1 aromatic rings. The van der Waals surface area contributed by atoms with Gasteiger partial charge in [0.25, 0.3) is 0 Å². The van der Waals surface area contributed by atoms with Crippen molar-refractivity contribution in [2.24, 2.45) is 5.73 Å². The minimum atomic E-state index is -1.08. The summed E-state index contributed by atoms with van der Waals surface area (Å²) in [7, 11) is 0. The molecule has 1 aromatic carbocycles. The van der Waals surface area contributed by atoms with Crippen molar-refractivity contribution >= 4 is 5.97 Å². The molecule has 0 amide bonds. The van der Waals surface area contributed by atoms with Gasteiger partial charge in [-0.05, 0) is 25.3 Å². The first-order chi connectivity index (χ1) is 8.09. The van der Waals surface area contributed by atoms with Crippen LogP contribution >= 0.6 is 0 Å². The Labute approximate surface area is 101 Å². The van der Waals surface area contributed by atoms with Gasteiger partial charge in [-0.2, -0.15) is 0 Å². The van der Waals surface area contributed by atoms with Crippen molar-refractivity contribution in [1.82, 2.24) is 0 Å². The van der Waals surface area contributed by atoms with Crippen molar-refractivity contribution in [3.63, 3.8) is 0 Å². The molecule has 0 aliphatic carbocycles. The van der Waals surface area contributed by atoms with E-state index in [9.17, 15) is 9.90 Å². The highest BCUT2D eigenvalue weighted by molar-refractivity contribution is 5.74. The smallest absolute Gasteiger partial charge is 0.335 e. The van der Waals surface area contributed by atoms with Crippen molar-refractivity contribution < 1.29 is 14.6 Å². The highest BCUT2D eigenvalue weighted by Gasteiger charge is 2.16. The maximum atomic E-state index is 11.4. The Hall–Kier alpha value is -1.39. The van der Waals surface area contributed by atoms with Crippen molar-refractivity contribution in [2.75, 3.05) is 0 Å². The minimum Gasteiger partial charge on any atom is -0.459 e. The molecular formula is C13H19NO3.